The number of nitrogens with zero attached hydrogens (tertiary/aromatic N) is 1. The van der Waals surface area contributed by atoms with Gasteiger partial charge < -0.3 is 10.3 Å². The molecular weight excluding hydrogens is 310 g/mol. The van der Waals surface area contributed by atoms with Gasteiger partial charge in [-0.3, -0.25) is 4.79 Å². The Morgan fingerprint density at radius 1 is 1.20 bits per heavy atom. The number of hydrogen-bond donors (Lipinski definition) is 2. The Hall–Kier alpha value is -3.32. The first-order chi connectivity index (χ1) is 12.2. The lowest BCUT2D eigenvalue weighted by Crippen LogP contribution is -2.23. The van der Waals surface area contributed by atoms with Gasteiger partial charge in [0, 0.05) is 29.2 Å². The average molecular weight is 329 g/mol. The van der Waals surface area contributed by atoms with Crippen LogP contribution in [0.15, 0.2) is 60.3 Å². The molecule has 1 aromatic heterocycles. The number of rotatable bonds is 5. The number of hydrogen-bond acceptors (Lipinski definition) is 2. The van der Waals surface area contributed by atoms with E-state index < -0.39 is 0 Å². The number of carbonyl (C=O) groups excluding carboxylic acids is 1. The van der Waals surface area contributed by atoms with Crippen LogP contribution in [-0.2, 0) is 17.8 Å². The van der Waals surface area contributed by atoms with E-state index in [2.05, 4.69) is 23.3 Å². The molecule has 2 N–H and O–H groups in total. The number of aromatic nitrogens is 1. The lowest BCUT2D eigenvalue weighted by atomic mass is 10.1. The highest BCUT2D eigenvalue weighted by Gasteiger charge is 2.11. The zero-order chi connectivity index (χ0) is 17.6. The second kappa shape index (κ2) is 7.50. The maximum atomic E-state index is 12.3. The molecule has 0 aliphatic heterocycles. The van der Waals surface area contributed by atoms with E-state index in [9.17, 15) is 10.1 Å². The van der Waals surface area contributed by atoms with Crippen LogP contribution in [0.3, 0.4) is 0 Å². The van der Waals surface area contributed by atoms with Gasteiger partial charge in [-0.1, -0.05) is 55.5 Å². The Kier molecular flexibility index (Phi) is 4.96. The van der Waals surface area contributed by atoms with E-state index in [4.69, 9.17) is 0 Å². The molecule has 1 heterocycles. The SMILES string of the molecule is CCc1cccc2c(C=C(C#N)C(=O)NCc3ccccc3)c[nH]c12. The normalized spacial score (nSPS) is 11.3. The van der Waals surface area contributed by atoms with E-state index >= 15 is 0 Å². The Balaban J connectivity index is 1.83. The summed E-state index contributed by atoms with van der Waals surface area (Å²) in [5.74, 6) is -0.368. The third kappa shape index (κ3) is 3.61. The van der Waals surface area contributed by atoms with Crippen LogP contribution in [0.4, 0.5) is 0 Å². The summed E-state index contributed by atoms with van der Waals surface area (Å²) in [6.07, 6.45) is 4.40. The van der Waals surface area contributed by atoms with Crippen molar-refractivity contribution in [1.82, 2.24) is 10.3 Å². The van der Waals surface area contributed by atoms with Gasteiger partial charge in [0.15, 0.2) is 0 Å². The van der Waals surface area contributed by atoms with Crippen molar-refractivity contribution in [2.45, 2.75) is 19.9 Å². The van der Waals surface area contributed by atoms with Crippen molar-refractivity contribution >= 4 is 22.9 Å². The summed E-state index contributed by atoms with van der Waals surface area (Å²) in [6, 6.07) is 17.7. The molecule has 4 heteroatoms. The van der Waals surface area contributed by atoms with Gasteiger partial charge in [-0.2, -0.15) is 5.26 Å². The smallest absolute Gasteiger partial charge is 0.262 e. The molecule has 2 aromatic carbocycles. The minimum atomic E-state index is -0.368. The van der Waals surface area contributed by atoms with Crippen molar-refractivity contribution in [3.8, 4) is 6.07 Å². The first-order valence-electron chi connectivity index (χ1n) is 8.25. The van der Waals surface area contributed by atoms with Crippen molar-refractivity contribution < 1.29 is 4.79 Å². The van der Waals surface area contributed by atoms with Gasteiger partial charge in [0.25, 0.3) is 5.91 Å². The number of nitriles is 1. The van der Waals surface area contributed by atoms with Crippen LogP contribution in [0.2, 0.25) is 0 Å². The number of nitrogens with one attached hydrogen (secondary N) is 2. The summed E-state index contributed by atoms with van der Waals surface area (Å²) in [5, 5.41) is 13.2. The number of H-pyrrole nitrogens is 1. The van der Waals surface area contributed by atoms with E-state index in [0.717, 1.165) is 28.5 Å². The van der Waals surface area contributed by atoms with Gasteiger partial charge in [0.2, 0.25) is 0 Å². The first kappa shape index (κ1) is 16.5. The standard InChI is InChI=1S/C21H19N3O/c1-2-16-9-6-10-19-18(14-23-20(16)19)11-17(12-22)21(25)24-13-15-7-4-3-5-8-15/h3-11,14,23H,2,13H2,1H3,(H,24,25). The maximum absolute atomic E-state index is 12.3. The van der Waals surface area contributed by atoms with Gasteiger partial charge in [-0.15, -0.1) is 0 Å². The van der Waals surface area contributed by atoms with E-state index in [1.165, 1.54) is 5.56 Å². The van der Waals surface area contributed by atoms with Crippen LogP contribution < -0.4 is 5.32 Å². The summed E-state index contributed by atoms with van der Waals surface area (Å²) in [6.45, 7) is 2.50. The van der Waals surface area contributed by atoms with Crippen LogP contribution in [0.5, 0.6) is 0 Å². The molecule has 3 rings (SSSR count). The van der Waals surface area contributed by atoms with Crippen LogP contribution in [-0.4, -0.2) is 10.9 Å². The molecule has 3 aromatic rings. The van der Waals surface area contributed by atoms with E-state index in [-0.39, 0.29) is 11.5 Å². The lowest BCUT2D eigenvalue weighted by Gasteiger charge is -2.04. The van der Waals surface area contributed by atoms with Crippen molar-refractivity contribution in [1.29, 1.82) is 5.26 Å². The highest BCUT2D eigenvalue weighted by molar-refractivity contribution is 6.04. The fraction of sp³-hybridized carbons (Fsp3) is 0.143. The third-order valence-corrected chi connectivity index (χ3v) is 4.18. The fourth-order valence-electron chi connectivity index (χ4n) is 2.83. The van der Waals surface area contributed by atoms with Gasteiger partial charge in [-0.05, 0) is 23.6 Å². The number of carbonyl (C=O) groups is 1. The predicted molar refractivity (Wildman–Crippen MR) is 99.6 cm³/mol. The minimum absolute atomic E-state index is 0.0960. The molecule has 0 radical (unpaired) electrons. The fourth-order valence-corrected chi connectivity index (χ4v) is 2.83. The molecule has 4 nitrogen and oxygen atoms in total. The second-order valence-corrected chi connectivity index (χ2v) is 5.78. The van der Waals surface area contributed by atoms with E-state index in [1.54, 1.807) is 6.08 Å². The largest absolute Gasteiger partial charge is 0.360 e. The van der Waals surface area contributed by atoms with Crippen LogP contribution in [0.1, 0.15) is 23.6 Å². The van der Waals surface area contributed by atoms with Crippen LogP contribution in [0.25, 0.3) is 17.0 Å². The third-order valence-electron chi connectivity index (χ3n) is 4.18. The molecule has 0 bridgehead atoms. The molecule has 0 saturated heterocycles. The molecule has 124 valence electrons. The molecule has 0 unspecified atom stereocenters. The number of amides is 1. The second-order valence-electron chi connectivity index (χ2n) is 5.78. The number of fused-ring (bicyclic) bond motifs is 1. The Labute approximate surface area is 146 Å². The highest BCUT2D eigenvalue weighted by Crippen LogP contribution is 2.24. The zero-order valence-electron chi connectivity index (χ0n) is 14.0. The van der Waals surface area contributed by atoms with Crippen molar-refractivity contribution in [3.05, 3.63) is 77.0 Å². The Morgan fingerprint density at radius 2 is 2.00 bits per heavy atom. The van der Waals surface area contributed by atoms with Crippen molar-refractivity contribution in [2.24, 2.45) is 0 Å². The predicted octanol–water partition coefficient (Wildman–Crippen LogP) is 3.95. The van der Waals surface area contributed by atoms with Gasteiger partial charge in [-0.25, -0.2) is 0 Å². The number of aryl methyl sites for hydroxylation is 1. The van der Waals surface area contributed by atoms with Crippen molar-refractivity contribution in [3.63, 3.8) is 0 Å². The van der Waals surface area contributed by atoms with Crippen LogP contribution >= 0.6 is 0 Å². The molecule has 0 atom stereocenters. The van der Waals surface area contributed by atoms with Crippen LogP contribution in [0, 0.1) is 11.3 Å². The monoisotopic (exact) mass is 329 g/mol. The number of para-hydroxylation sites is 1. The first-order valence-corrected chi connectivity index (χ1v) is 8.25. The molecule has 0 spiro atoms. The van der Waals surface area contributed by atoms with Gasteiger partial charge in [0.05, 0.1) is 0 Å². The topological polar surface area (TPSA) is 68.7 Å². The Morgan fingerprint density at radius 3 is 2.72 bits per heavy atom. The summed E-state index contributed by atoms with van der Waals surface area (Å²) in [5.41, 5.74) is 4.20. The highest BCUT2D eigenvalue weighted by atomic mass is 16.1. The molecule has 1 amide bonds. The Bertz CT molecular complexity index is 962. The van der Waals surface area contributed by atoms with E-state index in [0.29, 0.717) is 6.54 Å². The molecule has 0 aliphatic carbocycles. The number of aromatic amines is 1. The zero-order valence-corrected chi connectivity index (χ0v) is 14.0. The average Bonchev–Trinajstić information content (AvgIpc) is 3.08. The summed E-state index contributed by atoms with van der Waals surface area (Å²) in [4.78, 5) is 15.6. The summed E-state index contributed by atoms with van der Waals surface area (Å²) in [7, 11) is 0. The number of benzene rings is 2. The summed E-state index contributed by atoms with van der Waals surface area (Å²) >= 11 is 0. The summed E-state index contributed by atoms with van der Waals surface area (Å²) < 4.78 is 0. The van der Waals surface area contributed by atoms with Gasteiger partial charge in [0.1, 0.15) is 11.6 Å². The minimum Gasteiger partial charge on any atom is -0.360 e. The molecular formula is C21H19N3O. The molecule has 25 heavy (non-hydrogen) atoms. The van der Waals surface area contributed by atoms with E-state index in [1.807, 2.05) is 54.7 Å². The quantitative estimate of drug-likeness (QED) is 0.549. The molecule has 0 saturated carbocycles. The maximum Gasteiger partial charge on any atom is 0.262 e. The van der Waals surface area contributed by atoms with Crippen molar-refractivity contribution in [2.75, 3.05) is 0 Å². The van der Waals surface area contributed by atoms with Gasteiger partial charge >= 0.3 is 0 Å². The molecule has 0 fully saturated rings. The molecule has 0 aliphatic rings. The lowest BCUT2D eigenvalue weighted by molar-refractivity contribution is -0.117.